The monoisotopic (exact) mass is 194 g/mol. The molecule has 0 aromatic rings. The van der Waals surface area contributed by atoms with Gasteiger partial charge in [0.2, 0.25) is 0 Å². The topological polar surface area (TPSA) is 9.23 Å². The van der Waals surface area contributed by atoms with Gasteiger partial charge >= 0.3 is 0 Å². The van der Waals surface area contributed by atoms with Gasteiger partial charge in [-0.05, 0) is 38.0 Å². The Morgan fingerprint density at radius 3 is 2.50 bits per heavy atom. The van der Waals surface area contributed by atoms with Gasteiger partial charge in [0, 0.05) is 7.11 Å². The lowest BCUT2D eigenvalue weighted by Gasteiger charge is -2.29. The van der Waals surface area contributed by atoms with Crippen molar-refractivity contribution in [2.75, 3.05) is 7.11 Å². The number of methoxy groups -OCH3 is 1. The van der Waals surface area contributed by atoms with Gasteiger partial charge in [-0.2, -0.15) is 0 Å². The summed E-state index contributed by atoms with van der Waals surface area (Å²) in [4.78, 5) is 0. The van der Waals surface area contributed by atoms with Crippen LogP contribution in [-0.4, -0.2) is 13.2 Å². The molecule has 1 nitrogen and oxygen atoms in total. The van der Waals surface area contributed by atoms with Crippen molar-refractivity contribution in [2.24, 2.45) is 5.92 Å². The van der Waals surface area contributed by atoms with Gasteiger partial charge in [-0.25, -0.2) is 0 Å². The average Bonchev–Trinajstić information content (AvgIpc) is 2.30. The van der Waals surface area contributed by atoms with E-state index in [4.69, 9.17) is 4.74 Å². The second kappa shape index (κ2) is 4.97. The summed E-state index contributed by atoms with van der Waals surface area (Å²) < 4.78 is 5.38. The van der Waals surface area contributed by atoms with Gasteiger partial charge in [0.15, 0.2) is 0 Å². The maximum atomic E-state index is 5.38. The highest BCUT2D eigenvalue weighted by Gasteiger charge is 2.21. The molecule has 1 saturated carbocycles. The number of hydrogen-bond acceptors (Lipinski definition) is 1. The molecule has 0 amide bonds. The molecule has 0 saturated heterocycles. The molecule has 1 atom stereocenters. The third-order valence-electron chi connectivity index (χ3n) is 3.86. The summed E-state index contributed by atoms with van der Waals surface area (Å²) in [5.41, 5.74) is 1.75. The third kappa shape index (κ3) is 2.38. The molecule has 1 fully saturated rings. The second-order valence-electron chi connectivity index (χ2n) is 4.75. The molecule has 0 radical (unpaired) electrons. The van der Waals surface area contributed by atoms with Gasteiger partial charge in [-0.1, -0.05) is 30.9 Å². The summed E-state index contributed by atoms with van der Waals surface area (Å²) in [5, 5.41) is 0. The Labute approximate surface area is 87.5 Å². The zero-order valence-electron chi connectivity index (χ0n) is 9.30. The largest absolute Gasteiger partial charge is 0.381 e. The summed E-state index contributed by atoms with van der Waals surface area (Å²) in [5.74, 6) is 0.932. The molecule has 0 aromatic carbocycles. The summed E-state index contributed by atoms with van der Waals surface area (Å²) in [7, 11) is 1.84. The molecule has 0 unspecified atom stereocenters. The number of rotatable bonds is 2. The second-order valence-corrected chi connectivity index (χ2v) is 4.75. The lowest BCUT2D eigenvalue weighted by atomic mass is 9.79. The van der Waals surface area contributed by atoms with Gasteiger partial charge in [-0.15, -0.1) is 0 Å². The van der Waals surface area contributed by atoms with Crippen molar-refractivity contribution < 1.29 is 4.74 Å². The summed E-state index contributed by atoms with van der Waals surface area (Å²) in [6.07, 6.45) is 13.9. The van der Waals surface area contributed by atoms with Gasteiger partial charge in [0.25, 0.3) is 0 Å². The van der Waals surface area contributed by atoms with Crippen LogP contribution in [0.15, 0.2) is 11.6 Å². The van der Waals surface area contributed by atoms with Crippen LogP contribution in [0.25, 0.3) is 0 Å². The fourth-order valence-electron chi connectivity index (χ4n) is 2.89. The Morgan fingerprint density at radius 1 is 1.14 bits per heavy atom. The van der Waals surface area contributed by atoms with Crippen molar-refractivity contribution in [3.63, 3.8) is 0 Å². The maximum absolute atomic E-state index is 5.38. The zero-order chi connectivity index (χ0) is 9.80. The van der Waals surface area contributed by atoms with Crippen LogP contribution in [0.4, 0.5) is 0 Å². The smallest absolute Gasteiger partial charge is 0.0608 e. The first kappa shape index (κ1) is 10.2. The molecule has 0 aliphatic heterocycles. The molecular formula is C13H22O. The molecule has 0 spiro atoms. The molecule has 0 aromatic heterocycles. The van der Waals surface area contributed by atoms with E-state index >= 15 is 0 Å². The Bertz CT molecular complexity index is 201. The van der Waals surface area contributed by atoms with E-state index in [0.717, 1.165) is 12.3 Å². The predicted molar refractivity (Wildman–Crippen MR) is 59.3 cm³/mol. The number of hydrogen-bond donors (Lipinski definition) is 0. The van der Waals surface area contributed by atoms with E-state index in [0.29, 0.717) is 6.10 Å². The minimum Gasteiger partial charge on any atom is -0.381 e. The van der Waals surface area contributed by atoms with Gasteiger partial charge in [-0.3, -0.25) is 0 Å². The first-order valence-electron chi connectivity index (χ1n) is 6.12. The molecule has 1 heteroatoms. The fourth-order valence-corrected chi connectivity index (χ4v) is 2.89. The van der Waals surface area contributed by atoms with E-state index in [-0.39, 0.29) is 0 Å². The summed E-state index contributed by atoms with van der Waals surface area (Å²) in [6, 6.07) is 0. The van der Waals surface area contributed by atoms with Crippen molar-refractivity contribution in [2.45, 2.75) is 57.5 Å². The Kier molecular flexibility index (Phi) is 3.63. The van der Waals surface area contributed by atoms with Crippen molar-refractivity contribution in [3.05, 3.63) is 11.6 Å². The highest BCUT2D eigenvalue weighted by molar-refractivity contribution is 5.11. The van der Waals surface area contributed by atoms with Crippen LogP contribution in [0.1, 0.15) is 51.4 Å². The first-order valence-corrected chi connectivity index (χ1v) is 6.12. The van der Waals surface area contributed by atoms with Crippen LogP contribution in [0, 0.1) is 5.92 Å². The maximum Gasteiger partial charge on any atom is 0.0608 e. The third-order valence-corrected chi connectivity index (χ3v) is 3.86. The molecule has 2 rings (SSSR count). The molecule has 0 bridgehead atoms. The van der Waals surface area contributed by atoms with Gasteiger partial charge < -0.3 is 4.74 Å². The number of ether oxygens (including phenoxy) is 1. The minimum absolute atomic E-state index is 0.502. The van der Waals surface area contributed by atoms with Crippen molar-refractivity contribution in [3.8, 4) is 0 Å². The van der Waals surface area contributed by atoms with E-state index in [1.54, 1.807) is 5.57 Å². The highest BCUT2D eigenvalue weighted by Crippen LogP contribution is 2.35. The van der Waals surface area contributed by atoms with Crippen LogP contribution < -0.4 is 0 Å². The van der Waals surface area contributed by atoms with E-state index in [1.807, 2.05) is 7.11 Å². The Morgan fingerprint density at radius 2 is 1.93 bits per heavy atom. The molecule has 2 aliphatic carbocycles. The molecule has 14 heavy (non-hydrogen) atoms. The van der Waals surface area contributed by atoms with Crippen LogP contribution in [0.5, 0.6) is 0 Å². The Hall–Kier alpha value is -0.300. The lowest BCUT2D eigenvalue weighted by Crippen LogP contribution is -2.18. The van der Waals surface area contributed by atoms with E-state index in [1.165, 1.54) is 44.9 Å². The number of allylic oxidation sites excluding steroid dienone is 1. The van der Waals surface area contributed by atoms with Gasteiger partial charge in [0.05, 0.1) is 6.10 Å². The molecule has 80 valence electrons. The van der Waals surface area contributed by atoms with Crippen LogP contribution >= 0.6 is 0 Å². The van der Waals surface area contributed by atoms with Crippen molar-refractivity contribution in [1.29, 1.82) is 0 Å². The van der Waals surface area contributed by atoms with Crippen molar-refractivity contribution in [1.82, 2.24) is 0 Å². The SMILES string of the molecule is CO[C@@H]1CC=C(C2CCCCC2)CC1. The normalized spacial score (nSPS) is 30.1. The van der Waals surface area contributed by atoms with E-state index < -0.39 is 0 Å². The van der Waals surface area contributed by atoms with Crippen molar-refractivity contribution >= 4 is 0 Å². The molecule has 0 N–H and O–H groups in total. The summed E-state index contributed by atoms with van der Waals surface area (Å²) >= 11 is 0. The van der Waals surface area contributed by atoms with E-state index in [2.05, 4.69) is 6.08 Å². The average molecular weight is 194 g/mol. The van der Waals surface area contributed by atoms with Gasteiger partial charge in [0.1, 0.15) is 0 Å². The first-order chi connectivity index (χ1) is 6.90. The lowest BCUT2D eigenvalue weighted by molar-refractivity contribution is 0.0923. The standard InChI is InChI=1S/C13H22O/c1-14-13-9-7-12(8-10-13)11-5-3-2-4-6-11/h7,11,13H,2-6,8-10H2,1H3/t13-/m1/s1. The van der Waals surface area contributed by atoms with Crippen LogP contribution in [0.3, 0.4) is 0 Å². The Balaban J connectivity index is 1.88. The minimum atomic E-state index is 0.502. The molecule has 2 aliphatic rings. The quantitative estimate of drug-likeness (QED) is 0.609. The fraction of sp³-hybridized carbons (Fsp3) is 0.846. The molecular weight excluding hydrogens is 172 g/mol. The van der Waals surface area contributed by atoms with Crippen LogP contribution in [-0.2, 0) is 4.74 Å². The summed E-state index contributed by atoms with van der Waals surface area (Å²) in [6.45, 7) is 0. The highest BCUT2D eigenvalue weighted by atomic mass is 16.5. The predicted octanol–water partition coefficient (Wildman–Crippen LogP) is 3.69. The van der Waals surface area contributed by atoms with E-state index in [9.17, 15) is 0 Å². The molecule has 0 heterocycles. The van der Waals surface area contributed by atoms with Crippen LogP contribution in [0.2, 0.25) is 0 Å². The zero-order valence-corrected chi connectivity index (χ0v) is 9.30.